The Morgan fingerprint density at radius 2 is 2.05 bits per heavy atom. The third kappa shape index (κ3) is 3.54. The fourth-order valence-electron chi connectivity index (χ4n) is 2.42. The zero-order chi connectivity index (χ0) is 15.5. The number of primary amides is 1. The van der Waals surface area contributed by atoms with Gasteiger partial charge in [-0.05, 0) is 31.9 Å². The van der Waals surface area contributed by atoms with Gasteiger partial charge in [-0.15, -0.1) is 0 Å². The van der Waals surface area contributed by atoms with Crippen LogP contribution in [-0.4, -0.2) is 38.3 Å². The van der Waals surface area contributed by atoms with Crippen LogP contribution in [0, 0.1) is 5.92 Å². The minimum Gasteiger partial charge on any atom is -0.494 e. The van der Waals surface area contributed by atoms with E-state index in [0.717, 1.165) is 0 Å². The highest BCUT2D eigenvalue weighted by Crippen LogP contribution is 2.25. The molecule has 1 aliphatic heterocycles. The molecule has 7 heteroatoms. The topological polar surface area (TPSA) is 89.7 Å². The van der Waals surface area contributed by atoms with Gasteiger partial charge in [-0.1, -0.05) is 6.07 Å². The van der Waals surface area contributed by atoms with Crippen molar-refractivity contribution in [3.63, 3.8) is 0 Å². The number of benzene rings is 1. The number of hydrogen-bond donors (Lipinski definition) is 1. The van der Waals surface area contributed by atoms with Crippen LogP contribution >= 0.6 is 0 Å². The van der Waals surface area contributed by atoms with Gasteiger partial charge in [0.1, 0.15) is 5.75 Å². The second kappa shape index (κ2) is 6.44. The number of nitrogens with zero attached hydrogens (tertiary/aromatic N) is 1. The van der Waals surface area contributed by atoms with Crippen molar-refractivity contribution in [2.24, 2.45) is 11.7 Å². The number of sulfonamides is 1. The van der Waals surface area contributed by atoms with E-state index in [1.54, 1.807) is 18.2 Å². The molecule has 1 aliphatic rings. The van der Waals surface area contributed by atoms with Gasteiger partial charge in [-0.2, -0.15) is 4.31 Å². The van der Waals surface area contributed by atoms with Crippen LogP contribution in [0.4, 0.5) is 0 Å². The van der Waals surface area contributed by atoms with Crippen LogP contribution in [0.15, 0.2) is 29.2 Å². The third-order valence-corrected chi connectivity index (χ3v) is 5.51. The molecule has 0 spiro atoms. The van der Waals surface area contributed by atoms with Crippen molar-refractivity contribution in [2.45, 2.75) is 24.7 Å². The molecule has 1 aromatic rings. The van der Waals surface area contributed by atoms with Crippen molar-refractivity contribution in [2.75, 3.05) is 19.7 Å². The lowest BCUT2D eigenvalue weighted by Crippen LogP contribution is -2.41. The van der Waals surface area contributed by atoms with Gasteiger partial charge in [-0.3, -0.25) is 4.79 Å². The highest BCUT2D eigenvalue weighted by Gasteiger charge is 2.31. The highest BCUT2D eigenvalue weighted by molar-refractivity contribution is 7.89. The Hall–Kier alpha value is -1.60. The molecule has 1 aromatic carbocycles. The lowest BCUT2D eigenvalue weighted by atomic mass is 9.98. The summed E-state index contributed by atoms with van der Waals surface area (Å²) in [6.45, 7) is 2.95. The average Bonchev–Trinajstić information content (AvgIpc) is 2.48. The van der Waals surface area contributed by atoms with E-state index in [0.29, 0.717) is 38.3 Å². The smallest absolute Gasteiger partial charge is 0.243 e. The number of amides is 1. The Kier molecular flexibility index (Phi) is 4.84. The van der Waals surface area contributed by atoms with Crippen LogP contribution in [0.25, 0.3) is 0 Å². The number of rotatable bonds is 5. The summed E-state index contributed by atoms with van der Waals surface area (Å²) in [4.78, 5) is 11.3. The van der Waals surface area contributed by atoms with Gasteiger partial charge in [0.2, 0.25) is 15.9 Å². The second-order valence-corrected chi connectivity index (χ2v) is 6.93. The van der Waals surface area contributed by atoms with Crippen LogP contribution in [0.3, 0.4) is 0 Å². The summed E-state index contributed by atoms with van der Waals surface area (Å²) in [7, 11) is -3.55. The lowest BCUT2D eigenvalue weighted by Gasteiger charge is -2.29. The number of carbonyl (C=O) groups is 1. The molecule has 1 fully saturated rings. The lowest BCUT2D eigenvalue weighted by molar-refractivity contribution is -0.122. The first-order valence-electron chi connectivity index (χ1n) is 6.97. The minimum atomic E-state index is -3.55. The zero-order valence-corrected chi connectivity index (χ0v) is 12.8. The quantitative estimate of drug-likeness (QED) is 0.877. The Morgan fingerprint density at radius 1 is 1.38 bits per heavy atom. The molecule has 0 aliphatic carbocycles. The fraction of sp³-hybridized carbons (Fsp3) is 0.500. The zero-order valence-electron chi connectivity index (χ0n) is 12.0. The van der Waals surface area contributed by atoms with Gasteiger partial charge in [0.15, 0.2) is 0 Å². The number of piperidine rings is 1. The van der Waals surface area contributed by atoms with Gasteiger partial charge >= 0.3 is 0 Å². The van der Waals surface area contributed by atoms with Gasteiger partial charge < -0.3 is 10.5 Å². The molecule has 0 atom stereocenters. The fourth-order valence-corrected chi connectivity index (χ4v) is 3.93. The van der Waals surface area contributed by atoms with E-state index in [1.807, 2.05) is 6.92 Å². The molecule has 116 valence electrons. The van der Waals surface area contributed by atoms with Crippen LogP contribution < -0.4 is 10.5 Å². The van der Waals surface area contributed by atoms with E-state index >= 15 is 0 Å². The third-order valence-electron chi connectivity index (χ3n) is 3.61. The largest absolute Gasteiger partial charge is 0.494 e. The van der Waals surface area contributed by atoms with E-state index < -0.39 is 10.0 Å². The first-order valence-corrected chi connectivity index (χ1v) is 8.41. The minimum absolute atomic E-state index is 0.214. The average molecular weight is 312 g/mol. The molecule has 6 nitrogen and oxygen atoms in total. The predicted octanol–water partition coefficient (Wildman–Crippen LogP) is 0.971. The molecule has 1 saturated heterocycles. The summed E-state index contributed by atoms with van der Waals surface area (Å²) < 4.78 is 31.9. The van der Waals surface area contributed by atoms with Crippen molar-refractivity contribution >= 4 is 15.9 Å². The van der Waals surface area contributed by atoms with E-state index in [9.17, 15) is 13.2 Å². The van der Waals surface area contributed by atoms with Crippen LogP contribution in [0.5, 0.6) is 5.75 Å². The van der Waals surface area contributed by atoms with Crippen molar-refractivity contribution in [1.82, 2.24) is 4.31 Å². The summed E-state index contributed by atoms with van der Waals surface area (Å²) in [5.74, 6) is -0.0535. The molecule has 1 heterocycles. The van der Waals surface area contributed by atoms with Gasteiger partial charge in [0, 0.05) is 25.1 Å². The maximum absolute atomic E-state index is 12.6. The molecule has 2 rings (SSSR count). The molecule has 2 N–H and O–H groups in total. The Balaban J connectivity index is 2.15. The van der Waals surface area contributed by atoms with Gasteiger partial charge in [0.05, 0.1) is 11.5 Å². The van der Waals surface area contributed by atoms with Crippen LogP contribution in [0.2, 0.25) is 0 Å². The van der Waals surface area contributed by atoms with Crippen LogP contribution in [0.1, 0.15) is 19.8 Å². The van der Waals surface area contributed by atoms with Crippen molar-refractivity contribution in [3.05, 3.63) is 24.3 Å². The Morgan fingerprint density at radius 3 is 2.62 bits per heavy atom. The molecule has 0 aromatic heterocycles. The maximum Gasteiger partial charge on any atom is 0.243 e. The second-order valence-electron chi connectivity index (χ2n) is 4.99. The number of carbonyl (C=O) groups excluding carboxylic acids is 1. The van der Waals surface area contributed by atoms with E-state index in [1.165, 1.54) is 10.4 Å². The SMILES string of the molecule is CCOc1cccc(S(=O)(=O)N2CCC(C(N)=O)CC2)c1. The van der Waals surface area contributed by atoms with E-state index in [2.05, 4.69) is 0 Å². The predicted molar refractivity (Wildman–Crippen MR) is 78.3 cm³/mol. The van der Waals surface area contributed by atoms with E-state index in [-0.39, 0.29) is 16.7 Å². The summed E-state index contributed by atoms with van der Waals surface area (Å²) >= 11 is 0. The normalized spacial score (nSPS) is 17.6. The molecule has 21 heavy (non-hydrogen) atoms. The molecule has 0 unspecified atom stereocenters. The Labute approximate surface area is 124 Å². The first kappa shape index (κ1) is 15.8. The summed E-state index contributed by atoms with van der Waals surface area (Å²) in [5, 5.41) is 0. The van der Waals surface area contributed by atoms with Gasteiger partial charge in [-0.25, -0.2) is 8.42 Å². The van der Waals surface area contributed by atoms with E-state index in [4.69, 9.17) is 10.5 Å². The van der Waals surface area contributed by atoms with Crippen LogP contribution in [-0.2, 0) is 14.8 Å². The van der Waals surface area contributed by atoms with Crippen molar-refractivity contribution < 1.29 is 17.9 Å². The van der Waals surface area contributed by atoms with Crippen molar-refractivity contribution in [1.29, 1.82) is 0 Å². The molecule has 1 amide bonds. The molecule has 0 saturated carbocycles. The molecular weight excluding hydrogens is 292 g/mol. The number of ether oxygens (including phenoxy) is 1. The highest BCUT2D eigenvalue weighted by atomic mass is 32.2. The summed E-state index contributed by atoms with van der Waals surface area (Å²) in [6.07, 6.45) is 0.944. The summed E-state index contributed by atoms with van der Waals surface area (Å²) in [6, 6.07) is 6.47. The Bertz CT molecular complexity index is 607. The number of nitrogens with two attached hydrogens (primary N) is 1. The standard InChI is InChI=1S/C14H20N2O4S/c1-2-20-12-4-3-5-13(10-12)21(18,19)16-8-6-11(7-9-16)14(15)17/h3-5,10-11H,2,6-9H2,1H3,(H2,15,17). The molecular formula is C14H20N2O4S. The van der Waals surface area contributed by atoms with Gasteiger partial charge in [0.25, 0.3) is 0 Å². The monoisotopic (exact) mass is 312 g/mol. The maximum atomic E-state index is 12.6. The molecule has 0 radical (unpaired) electrons. The first-order chi connectivity index (χ1) is 9.95. The number of hydrogen-bond acceptors (Lipinski definition) is 4. The summed E-state index contributed by atoms with van der Waals surface area (Å²) in [5.41, 5.74) is 5.26. The molecule has 0 bridgehead atoms. The van der Waals surface area contributed by atoms with Crippen molar-refractivity contribution in [3.8, 4) is 5.75 Å².